The van der Waals surface area contributed by atoms with Crippen molar-refractivity contribution in [3.63, 3.8) is 0 Å². The van der Waals surface area contributed by atoms with E-state index in [4.69, 9.17) is 5.73 Å². The van der Waals surface area contributed by atoms with E-state index in [9.17, 15) is 9.59 Å². The molecule has 0 fully saturated rings. The van der Waals surface area contributed by atoms with Crippen molar-refractivity contribution in [3.05, 3.63) is 22.2 Å². The van der Waals surface area contributed by atoms with Crippen LogP contribution in [0.1, 0.15) is 24.2 Å². The van der Waals surface area contributed by atoms with Gasteiger partial charge < -0.3 is 10.3 Å². The number of nitrogens with two attached hydrogens (primary N) is 1. The molecule has 5 nitrogen and oxygen atoms in total. The molecular weight excluding hydrogens is 170 g/mol. The maximum Gasteiger partial charge on any atom is 0.349 e. The van der Waals surface area contributed by atoms with Crippen molar-refractivity contribution in [2.24, 2.45) is 7.05 Å². The number of aromatic nitrogens is 2. The van der Waals surface area contributed by atoms with Crippen molar-refractivity contribution in [3.8, 4) is 0 Å². The topological polar surface area (TPSA) is 78.0 Å². The van der Waals surface area contributed by atoms with Crippen LogP contribution in [0.5, 0.6) is 0 Å². The van der Waals surface area contributed by atoms with Gasteiger partial charge in [0.05, 0.1) is 5.56 Å². The molecule has 72 valence electrons. The van der Waals surface area contributed by atoms with Crippen LogP contribution in [-0.2, 0) is 7.05 Å². The van der Waals surface area contributed by atoms with E-state index in [1.54, 1.807) is 0 Å². The number of aldehydes is 1. The molecule has 1 aromatic heterocycles. The van der Waals surface area contributed by atoms with Crippen LogP contribution in [0.3, 0.4) is 0 Å². The van der Waals surface area contributed by atoms with Crippen LogP contribution in [0, 0.1) is 0 Å². The Kier molecular flexibility index (Phi) is 4.43. The van der Waals surface area contributed by atoms with Crippen molar-refractivity contribution in [2.45, 2.75) is 13.8 Å². The summed E-state index contributed by atoms with van der Waals surface area (Å²) in [5.74, 6) is -0.0249. The molecule has 2 N–H and O–H groups in total. The van der Waals surface area contributed by atoms with E-state index in [0.717, 1.165) is 0 Å². The summed E-state index contributed by atoms with van der Waals surface area (Å²) in [7, 11) is 1.50. The zero-order valence-corrected chi connectivity index (χ0v) is 7.94. The summed E-state index contributed by atoms with van der Waals surface area (Å²) in [6, 6.07) is 0. The van der Waals surface area contributed by atoms with Crippen LogP contribution >= 0.6 is 0 Å². The van der Waals surface area contributed by atoms with Gasteiger partial charge in [0.2, 0.25) is 0 Å². The van der Waals surface area contributed by atoms with Crippen LogP contribution in [0.2, 0.25) is 0 Å². The maximum absolute atomic E-state index is 10.8. The number of nitrogens with zero attached hydrogens (tertiary/aromatic N) is 2. The molecule has 0 spiro atoms. The van der Waals surface area contributed by atoms with E-state index in [-0.39, 0.29) is 11.4 Å². The lowest BCUT2D eigenvalue weighted by Gasteiger charge is -1.98. The second kappa shape index (κ2) is 5.08. The van der Waals surface area contributed by atoms with Crippen LogP contribution in [0.4, 0.5) is 5.82 Å². The lowest BCUT2D eigenvalue weighted by molar-refractivity contribution is 0.112. The van der Waals surface area contributed by atoms with Gasteiger partial charge in [-0.3, -0.25) is 4.79 Å². The first-order valence-electron chi connectivity index (χ1n) is 3.93. The van der Waals surface area contributed by atoms with E-state index in [1.165, 1.54) is 17.8 Å². The van der Waals surface area contributed by atoms with Gasteiger partial charge in [0.1, 0.15) is 5.82 Å². The number of hydrogen-bond acceptors (Lipinski definition) is 4. The normalized spacial score (nSPS) is 8.54. The summed E-state index contributed by atoms with van der Waals surface area (Å²) in [4.78, 5) is 24.4. The van der Waals surface area contributed by atoms with Crippen LogP contribution < -0.4 is 11.4 Å². The lowest BCUT2D eigenvalue weighted by atomic mass is 10.3. The average Bonchev–Trinajstić information content (AvgIpc) is 2.15. The Hall–Kier alpha value is -1.65. The second-order valence-corrected chi connectivity index (χ2v) is 2.09. The minimum Gasteiger partial charge on any atom is -0.383 e. The number of carbonyl (C=O) groups is 1. The van der Waals surface area contributed by atoms with Gasteiger partial charge in [-0.15, -0.1) is 0 Å². The number of anilines is 1. The summed E-state index contributed by atoms with van der Waals surface area (Å²) in [6.45, 7) is 4.00. The van der Waals surface area contributed by atoms with Gasteiger partial charge >= 0.3 is 5.69 Å². The molecule has 0 aromatic carbocycles. The average molecular weight is 183 g/mol. The summed E-state index contributed by atoms with van der Waals surface area (Å²) in [5.41, 5.74) is 5.01. The Balaban J connectivity index is 0.000000671. The van der Waals surface area contributed by atoms with Crippen LogP contribution in [-0.4, -0.2) is 15.8 Å². The molecule has 0 bridgehead atoms. The molecule has 0 saturated heterocycles. The zero-order valence-electron chi connectivity index (χ0n) is 7.94. The van der Waals surface area contributed by atoms with E-state index in [0.29, 0.717) is 6.29 Å². The summed E-state index contributed by atoms with van der Waals surface area (Å²) >= 11 is 0. The smallest absolute Gasteiger partial charge is 0.349 e. The van der Waals surface area contributed by atoms with Crippen LogP contribution in [0.25, 0.3) is 0 Å². The second-order valence-electron chi connectivity index (χ2n) is 2.09. The van der Waals surface area contributed by atoms with Gasteiger partial charge in [-0.25, -0.2) is 4.79 Å². The molecule has 5 heteroatoms. The first-order valence-corrected chi connectivity index (χ1v) is 3.93. The Morgan fingerprint density at radius 3 is 2.54 bits per heavy atom. The molecule has 0 amide bonds. The van der Waals surface area contributed by atoms with Gasteiger partial charge in [-0.2, -0.15) is 4.98 Å². The van der Waals surface area contributed by atoms with E-state index in [1.807, 2.05) is 13.8 Å². The number of nitrogen functional groups attached to an aromatic ring is 1. The van der Waals surface area contributed by atoms with Gasteiger partial charge in [0, 0.05) is 13.2 Å². The SMILES string of the molecule is CC.Cn1cc(C=O)c(N)nc1=O. The van der Waals surface area contributed by atoms with Crippen molar-refractivity contribution >= 4 is 12.1 Å². The standard InChI is InChI=1S/C6H7N3O2.C2H6/c1-9-2-4(3-10)5(7)8-6(9)11;1-2/h2-3H,1H3,(H2,7,8,11);1-2H3. The molecule has 0 radical (unpaired) electrons. The fourth-order valence-corrected chi connectivity index (χ4v) is 0.667. The quantitative estimate of drug-likeness (QED) is 0.631. The Morgan fingerprint density at radius 2 is 2.08 bits per heavy atom. The third kappa shape index (κ3) is 2.70. The summed E-state index contributed by atoms with van der Waals surface area (Å²) in [5, 5.41) is 0. The largest absolute Gasteiger partial charge is 0.383 e. The molecule has 0 aliphatic heterocycles. The first kappa shape index (κ1) is 11.4. The number of aryl methyl sites for hydroxylation is 1. The number of hydrogen-bond donors (Lipinski definition) is 1. The molecule has 0 unspecified atom stereocenters. The van der Waals surface area contributed by atoms with Crippen molar-refractivity contribution in [2.75, 3.05) is 5.73 Å². The molecule has 0 aliphatic rings. The highest BCUT2D eigenvalue weighted by Gasteiger charge is 2.00. The molecule has 1 heterocycles. The van der Waals surface area contributed by atoms with E-state index < -0.39 is 5.69 Å². The van der Waals surface area contributed by atoms with Gasteiger partial charge in [0.15, 0.2) is 6.29 Å². The predicted octanol–water partition coefficient (Wildman–Crippen LogP) is 0.201. The lowest BCUT2D eigenvalue weighted by Crippen LogP contribution is -2.21. The van der Waals surface area contributed by atoms with Gasteiger partial charge in [0.25, 0.3) is 0 Å². The van der Waals surface area contributed by atoms with Crippen molar-refractivity contribution < 1.29 is 4.79 Å². The van der Waals surface area contributed by atoms with Crippen molar-refractivity contribution in [1.29, 1.82) is 0 Å². The Labute approximate surface area is 76.2 Å². The maximum atomic E-state index is 10.8. The number of rotatable bonds is 1. The minimum absolute atomic E-state index is 0.0249. The Morgan fingerprint density at radius 1 is 1.54 bits per heavy atom. The summed E-state index contributed by atoms with van der Waals surface area (Å²) < 4.78 is 1.19. The van der Waals surface area contributed by atoms with E-state index >= 15 is 0 Å². The van der Waals surface area contributed by atoms with Crippen molar-refractivity contribution in [1.82, 2.24) is 9.55 Å². The molecule has 0 atom stereocenters. The molecule has 1 aromatic rings. The predicted molar refractivity (Wildman–Crippen MR) is 50.6 cm³/mol. The zero-order chi connectivity index (χ0) is 10.4. The molecule has 1 rings (SSSR count). The third-order valence-corrected chi connectivity index (χ3v) is 1.27. The van der Waals surface area contributed by atoms with Gasteiger partial charge in [-0.05, 0) is 0 Å². The highest BCUT2D eigenvalue weighted by molar-refractivity contribution is 5.80. The minimum atomic E-state index is -0.465. The molecular formula is C8H13N3O2. The molecule has 13 heavy (non-hydrogen) atoms. The fourth-order valence-electron chi connectivity index (χ4n) is 0.667. The summed E-state index contributed by atoms with van der Waals surface area (Å²) in [6.07, 6.45) is 1.90. The first-order chi connectivity index (χ1) is 6.15. The monoisotopic (exact) mass is 183 g/mol. The highest BCUT2D eigenvalue weighted by atomic mass is 16.1. The molecule has 0 aliphatic carbocycles. The van der Waals surface area contributed by atoms with E-state index in [2.05, 4.69) is 4.98 Å². The Bertz CT molecular complexity index is 344. The van der Waals surface area contributed by atoms with Crippen LogP contribution in [0.15, 0.2) is 11.0 Å². The number of carbonyl (C=O) groups excluding carboxylic acids is 1. The fraction of sp³-hybridized carbons (Fsp3) is 0.375. The van der Waals surface area contributed by atoms with Gasteiger partial charge in [-0.1, -0.05) is 13.8 Å². The third-order valence-electron chi connectivity index (χ3n) is 1.27. The molecule has 0 saturated carbocycles. The highest BCUT2D eigenvalue weighted by Crippen LogP contribution is 1.98.